The Bertz CT molecular complexity index is 1000. The highest BCUT2D eigenvalue weighted by molar-refractivity contribution is 6.45. The summed E-state index contributed by atoms with van der Waals surface area (Å²) in [6.45, 7) is 4.91. The number of aromatic nitrogens is 1. The molecule has 0 radical (unpaired) electrons. The fourth-order valence-corrected chi connectivity index (χ4v) is 2.69. The number of hydrogen-bond donors (Lipinski definition) is 1. The van der Waals surface area contributed by atoms with Gasteiger partial charge in [-0.1, -0.05) is 28.9 Å². The first-order valence-electron chi connectivity index (χ1n) is 9.20. The second-order valence-corrected chi connectivity index (χ2v) is 7.68. The lowest BCUT2D eigenvalue weighted by atomic mass is 10.0. The van der Waals surface area contributed by atoms with Crippen LogP contribution < -0.4 is 10.1 Å². The van der Waals surface area contributed by atoms with Crippen LogP contribution in [0.1, 0.15) is 42.3 Å². The average Bonchev–Trinajstić information content (AvgIpc) is 2.70. The Balaban J connectivity index is 2.29. The maximum atomic E-state index is 14.5. The number of carbonyl (C=O) groups is 2. The van der Waals surface area contributed by atoms with Gasteiger partial charge in [0.2, 0.25) is 5.88 Å². The van der Waals surface area contributed by atoms with Gasteiger partial charge in [-0.3, -0.25) is 4.79 Å². The van der Waals surface area contributed by atoms with Gasteiger partial charge in [0, 0.05) is 24.4 Å². The molecule has 8 nitrogen and oxygen atoms in total. The largest absolute Gasteiger partial charge is 0.472 e. The van der Waals surface area contributed by atoms with Gasteiger partial charge in [0.05, 0.1) is 5.56 Å². The van der Waals surface area contributed by atoms with Gasteiger partial charge in [-0.15, -0.1) is 0 Å². The van der Waals surface area contributed by atoms with Gasteiger partial charge in [0.25, 0.3) is 5.91 Å². The fourth-order valence-electron chi connectivity index (χ4n) is 2.47. The zero-order valence-electron chi connectivity index (χ0n) is 17.8. The minimum absolute atomic E-state index is 0.0200. The van der Waals surface area contributed by atoms with Gasteiger partial charge >= 0.3 is 5.97 Å². The standard InChI is InChI=1S/C21H23ClFN3O5/c1-21(2,3)31-20(28)12-9-15(22)19(25-10-12)30-11-14-13(7-6-8-16(14)23)17(26-29-5)18(27)24-4/h6-10H,11H2,1-5H3,(H,24,27). The molecule has 1 heterocycles. The molecule has 31 heavy (non-hydrogen) atoms. The molecule has 0 aliphatic rings. The summed E-state index contributed by atoms with van der Waals surface area (Å²) >= 11 is 6.18. The Hall–Kier alpha value is -3.20. The molecule has 1 aromatic carbocycles. The average molecular weight is 452 g/mol. The number of carbonyl (C=O) groups excluding carboxylic acids is 2. The van der Waals surface area contributed by atoms with E-state index in [4.69, 9.17) is 25.9 Å². The van der Waals surface area contributed by atoms with Gasteiger partial charge < -0.3 is 19.6 Å². The Morgan fingerprint density at radius 2 is 2.00 bits per heavy atom. The molecular formula is C21H23ClFN3O5. The predicted molar refractivity (Wildman–Crippen MR) is 113 cm³/mol. The van der Waals surface area contributed by atoms with Crippen molar-refractivity contribution < 1.29 is 28.3 Å². The van der Waals surface area contributed by atoms with Gasteiger partial charge in [-0.05, 0) is 32.9 Å². The van der Waals surface area contributed by atoms with Crippen molar-refractivity contribution in [1.82, 2.24) is 10.3 Å². The maximum Gasteiger partial charge on any atom is 0.340 e. The van der Waals surface area contributed by atoms with Crippen molar-refractivity contribution in [1.29, 1.82) is 0 Å². The quantitative estimate of drug-likeness (QED) is 0.393. The summed E-state index contributed by atoms with van der Waals surface area (Å²) in [4.78, 5) is 33.0. The van der Waals surface area contributed by atoms with Crippen LogP contribution in [0.4, 0.5) is 4.39 Å². The number of pyridine rings is 1. The van der Waals surface area contributed by atoms with Gasteiger partial charge in [-0.2, -0.15) is 0 Å². The molecule has 1 aromatic heterocycles. The monoisotopic (exact) mass is 451 g/mol. The molecule has 2 rings (SSSR count). The molecule has 0 aliphatic heterocycles. The summed E-state index contributed by atoms with van der Waals surface area (Å²) in [5.74, 6) is -1.79. The smallest absolute Gasteiger partial charge is 0.340 e. The Morgan fingerprint density at radius 1 is 1.29 bits per heavy atom. The van der Waals surface area contributed by atoms with E-state index in [1.54, 1.807) is 20.8 Å². The fraction of sp³-hybridized carbons (Fsp3) is 0.333. The number of oxime groups is 1. The molecule has 10 heteroatoms. The van der Waals surface area contributed by atoms with Crippen LogP contribution in [0.3, 0.4) is 0 Å². The number of nitrogens with zero attached hydrogens (tertiary/aromatic N) is 2. The molecule has 0 saturated heterocycles. The van der Waals surface area contributed by atoms with Crippen LogP contribution in [0.2, 0.25) is 5.02 Å². The van der Waals surface area contributed by atoms with Crippen LogP contribution in [-0.2, 0) is 21.0 Å². The second kappa shape index (κ2) is 10.2. The first-order chi connectivity index (χ1) is 14.6. The van der Waals surface area contributed by atoms with Crippen molar-refractivity contribution in [2.45, 2.75) is 33.0 Å². The lowest BCUT2D eigenvalue weighted by Crippen LogP contribution is -2.29. The van der Waals surface area contributed by atoms with E-state index in [1.807, 2.05) is 0 Å². The van der Waals surface area contributed by atoms with E-state index >= 15 is 0 Å². The summed E-state index contributed by atoms with van der Waals surface area (Å²) in [6, 6.07) is 5.51. The summed E-state index contributed by atoms with van der Waals surface area (Å²) < 4.78 is 25.4. The summed E-state index contributed by atoms with van der Waals surface area (Å²) in [7, 11) is 2.69. The summed E-state index contributed by atoms with van der Waals surface area (Å²) in [6.07, 6.45) is 1.25. The molecule has 1 N–H and O–H groups in total. The topological polar surface area (TPSA) is 99.1 Å². The minimum atomic E-state index is -0.674. The normalized spacial score (nSPS) is 11.6. The molecule has 0 saturated carbocycles. The third-order valence-corrected chi connectivity index (χ3v) is 4.06. The molecule has 0 spiro atoms. The van der Waals surface area contributed by atoms with E-state index in [2.05, 4.69) is 15.5 Å². The zero-order chi connectivity index (χ0) is 23.2. The third kappa shape index (κ3) is 6.39. The van der Waals surface area contributed by atoms with E-state index in [-0.39, 0.29) is 39.9 Å². The molecule has 166 valence electrons. The number of likely N-dealkylation sites (N-methyl/N-ethyl adjacent to an activating group) is 1. The second-order valence-electron chi connectivity index (χ2n) is 7.27. The Morgan fingerprint density at radius 3 is 2.58 bits per heavy atom. The molecule has 2 aromatic rings. The summed E-state index contributed by atoms with van der Waals surface area (Å²) in [5, 5.41) is 6.15. The lowest BCUT2D eigenvalue weighted by molar-refractivity contribution is -0.114. The van der Waals surface area contributed by atoms with Crippen LogP contribution >= 0.6 is 11.6 Å². The van der Waals surface area contributed by atoms with Crippen molar-refractivity contribution >= 4 is 29.2 Å². The number of esters is 1. The van der Waals surface area contributed by atoms with Crippen molar-refractivity contribution in [3.05, 3.63) is 58.0 Å². The predicted octanol–water partition coefficient (Wildman–Crippen LogP) is 3.50. The first-order valence-corrected chi connectivity index (χ1v) is 9.58. The highest BCUT2D eigenvalue weighted by atomic mass is 35.5. The van der Waals surface area contributed by atoms with Crippen molar-refractivity contribution in [2.24, 2.45) is 5.16 Å². The molecule has 0 aliphatic carbocycles. The van der Waals surface area contributed by atoms with Crippen molar-refractivity contribution in [2.75, 3.05) is 14.2 Å². The number of rotatable bonds is 7. The minimum Gasteiger partial charge on any atom is -0.472 e. The van der Waals surface area contributed by atoms with E-state index in [0.717, 1.165) is 0 Å². The maximum absolute atomic E-state index is 14.5. The molecule has 0 unspecified atom stereocenters. The van der Waals surface area contributed by atoms with E-state index in [9.17, 15) is 14.0 Å². The molecular weight excluding hydrogens is 429 g/mol. The SMILES string of the molecule is CNC(=O)C(=NOC)c1cccc(F)c1COc1ncc(C(=O)OC(C)(C)C)cc1Cl. The Kier molecular flexibility index (Phi) is 7.93. The van der Waals surface area contributed by atoms with Crippen LogP contribution in [0, 0.1) is 5.82 Å². The third-order valence-electron chi connectivity index (χ3n) is 3.79. The van der Waals surface area contributed by atoms with Crippen molar-refractivity contribution in [3.8, 4) is 5.88 Å². The zero-order valence-corrected chi connectivity index (χ0v) is 18.5. The van der Waals surface area contributed by atoms with Gasteiger partial charge in [0.1, 0.15) is 30.2 Å². The number of nitrogens with one attached hydrogen (secondary N) is 1. The van der Waals surface area contributed by atoms with Crippen LogP contribution in [0.15, 0.2) is 35.6 Å². The first kappa shape index (κ1) is 24.1. The van der Waals surface area contributed by atoms with E-state index in [1.165, 1.54) is 44.6 Å². The highest BCUT2D eigenvalue weighted by Gasteiger charge is 2.22. The molecule has 0 atom stereocenters. The van der Waals surface area contributed by atoms with Crippen LogP contribution in [-0.4, -0.2) is 42.3 Å². The van der Waals surface area contributed by atoms with Gasteiger partial charge in [-0.25, -0.2) is 14.2 Å². The number of hydrogen-bond acceptors (Lipinski definition) is 7. The lowest BCUT2D eigenvalue weighted by Gasteiger charge is -2.19. The summed E-state index contributed by atoms with van der Waals surface area (Å²) in [5.41, 5.74) is -0.416. The van der Waals surface area contributed by atoms with E-state index in [0.29, 0.717) is 0 Å². The number of benzene rings is 1. The molecule has 1 amide bonds. The number of amides is 1. The number of ether oxygens (including phenoxy) is 2. The Labute approximate surface area is 184 Å². The van der Waals surface area contributed by atoms with Crippen LogP contribution in [0.25, 0.3) is 0 Å². The van der Waals surface area contributed by atoms with Gasteiger partial charge in [0.15, 0.2) is 5.71 Å². The molecule has 0 bridgehead atoms. The highest BCUT2D eigenvalue weighted by Crippen LogP contribution is 2.26. The van der Waals surface area contributed by atoms with E-state index < -0.39 is 23.3 Å². The van der Waals surface area contributed by atoms with Crippen molar-refractivity contribution in [3.63, 3.8) is 0 Å². The molecule has 0 fully saturated rings. The van der Waals surface area contributed by atoms with Crippen LogP contribution in [0.5, 0.6) is 5.88 Å². The number of halogens is 2.